The summed E-state index contributed by atoms with van der Waals surface area (Å²) in [6.07, 6.45) is 3.73. The van der Waals surface area contributed by atoms with Gasteiger partial charge in [-0.1, -0.05) is 0 Å². The molecule has 1 aliphatic heterocycles. The Balaban J connectivity index is 2.39. The van der Waals surface area contributed by atoms with E-state index < -0.39 is 0 Å². The number of carbonyl (C=O) groups is 1. The van der Waals surface area contributed by atoms with Gasteiger partial charge in [0.15, 0.2) is 0 Å². The molecule has 0 saturated carbocycles. The lowest BCUT2D eigenvalue weighted by Crippen LogP contribution is -1.98. The molecule has 0 spiro atoms. The second kappa shape index (κ2) is 2.47. The molecule has 0 amide bonds. The monoisotopic (exact) mass is 162 g/mol. The minimum absolute atomic E-state index is 0.286. The van der Waals surface area contributed by atoms with Crippen LogP contribution in [0.15, 0.2) is 28.9 Å². The first kappa shape index (κ1) is 7.07. The van der Waals surface area contributed by atoms with E-state index in [1.54, 1.807) is 12.2 Å². The highest BCUT2D eigenvalue weighted by atomic mass is 16.5. The molecular formula is C9H6O3. The van der Waals surface area contributed by atoms with E-state index in [4.69, 9.17) is 4.74 Å². The van der Waals surface area contributed by atoms with Crippen molar-refractivity contribution in [3.05, 3.63) is 28.9 Å². The van der Waals surface area contributed by atoms with E-state index in [0.717, 1.165) is 5.57 Å². The van der Waals surface area contributed by atoms with Gasteiger partial charge in [-0.15, -0.1) is 0 Å². The van der Waals surface area contributed by atoms with Gasteiger partial charge in [-0.3, -0.25) is 0 Å². The Morgan fingerprint density at radius 2 is 2.25 bits per heavy atom. The number of cyclic esters (lactones) is 1. The standard InChI is InChI=1S/C9H6O3/c10-4-6-1-2-8-7(3-6)5-12-9(8)11/h1-2H,3,5H2. The van der Waals surface area contributed by atoms with Crippen LogP contribution in [0.2, 0.25) is 0 Å². The van der Waals surface area contributed by atoms with Gasteiger partial charge in [0, 0.05) is 12.0 Å². The highest BCUT2D eigenvalue weighted by Crippen LogP contribution is 2.27. The summed E-state index contributed by atoms with van der Waals surface area (Å²) >= 11 is 0. The van der Waals surface area contributed by atoms with Crippen molar-refractivity contribution < 1.29 is 14.3 Å². The number of esters is 1. The Morgan fingerprint density at radius 1 is 1.42 bits per heavy atom. The molecule has 0 bridgehead atoms. The maximum Gasteiger partial charge on any atom is 0.338 e. The van der Waals surface area contributed by atoms with Crippen molar-refractivity contribution in [2.75, 3.05) is 6.61 Å². The van der Waals surface area contributed by atoms with Gasteiger partial charge in [-0.05, 0) is 17.7 Å². The third-order valence-corrected chi connectivity index (χ3v) is 1.96. The van der Waals surface area contributed by atoms with Gasteiger partial charge in [0.1, 0.15) is 12.5 Å². The SMILES string of the molecule is O=C=C1C=CC2=C(COC2=O)C1. The quantitative estimate of drug-likeness (QED) is 0.386. The minimum Gasteiger partial charge on any atom is -0.458 e. The normalized spacial score (nSPS) is 20.7. The molecule has 0 atom stereocenters. The molecule has 0 aromatic carbocycles. The van der Waals surface area contributed by atoms with Crippen LogP contribution >= 0.6 is 0 Å². The van der Waals surface area contributed by atoms with Crippen molar-refractivity contribution in [3.8, 4) is 0 Å². The van der Waals surface area contributed by atoms with E-state index in [-0.39, 0.29) is 5.97 Å². The summed E-state index contributed by atoms with van der Waals surface area (Å²) in [5, 5.41) is 0. The average Bonchev–Trinajstić information content (AvgIpc) is 2.47. The van der Waals surface area contributed by atoms with Gasteiger partial charge in [0.25, 0.3) is 0 Å². The zero-order valence-corrected chi connectivity index (χ0v) is 6.29. The fourth-order valence-corrected chi connectivity index (χ4v) is 1.33. The summed E-state index contributed by atoms with van der Waals surface area (Å²) in [4.78, 5) is 21.2. The molecule has 3 nitrogen and oxygen atoms in total. The summed E-state index contributed by atoms with van der Waals surface area (Å²) < 4.78 is 4.79. The van der Waals surface area contributed by atoms with E-state index in [1.165, 1.54) is 0 Å². The molecule has 0 N–H and O–H groups in total. The van der Waals surface area contributed by atoms with E-state index >= 15 is 0 Å². The molecule has 0 aromatic rings. The summed E-state index contributed by atoms with van der Waals surface area (Å²) in [6, 6.07) is 0. The van der Waals surface area contributed by atoms with Crippen LogP contribution in [-0.2, 0) is 14.3 Å². The van der Waals surface area contributed by atoms with Gasteiger partial charge in [0.2, 0.25) is 0 Å². The number of rotatable bonds is 0. The van der Waals surface area contributed by atoms with Crippen LogP contribution < -0.4 is 0 Å². The maximum atomic E-state index is 11.0. The molecule has 1 aliphatic carbocycles. The van der Waals surface area contributed by atoms with E-state index in [2.05, 4.69) is 0 Å². The average molecular weight is 162 g/mol. The van der Waals surface area contributed by atoms with Gasteiger partial charge >= 0.3 is 5.97 Å². The number of carbonyl (C=O) groups excluding carboxylic acids is 2. The zero-order valence-electron chi connectivity index (χ0n) is 6.29. The molecule has 0 fully saturated rings. The molecule has 0 unspecified atom stereocenters. The third-order valence-electron chi connectivity index (χ3n) is 1.96. The molecule has 0 saturated heterocycles. The van der Waals surface area contributed by atoms with E-state index in [0.29, 0.717) is 24.2 Å². The number of allylic oxidation sites excluding steroid dienone is 2. The van der Waals surface area contributed by atoms with Crippen LogP contribution in [0, 0.1) is 0 Å². The van der Waals surface area contributed by atoms with Crippen LogP contribution in [-0.4, -0.2) is 18.5 Å². The minimum atomic E-state index is -0.286. The smallest absolute Gasteiger partial charge is 0.338 e. The first-order valence-electron chi connectivity index (χ1n) is 3.62. The lowest BCUT2D eigenvalue weighted by molar-refractivity contribution is -0.135. The van der Waals surface area contributed by atoms with E-state index in [9.17, 15) is 9.59 Å². The van der Waals surface area contributed by atoms with Crippen LogP contribution in [0.1, 0.15) is 6.42 Å². The Morgan fingerprint density at radius 3 is 3.00 bits per heavy atom. The molecule has 0 radical (unpaired) electrons. The van der Waals surface area contributed by atoms with Crippen LogP contribution in [0.3, 0.4) is 0 Å². The van der Waals surface area contributed by atoms with Crippen molar-refractivity contribution in [2.45, 2.75) is 6.42 Å². The van der Waals surface area contributed by atoms with Crippen molar-refractivity contribution in [2.24, 2.45) is 0 Å². The summed E-state index contributed by atoms with van der Waals surface area (Å²) in [7, 11) is 0. The summed E-state index contributed by atoms with van der Waals surface area (Å²) in [6.45, 7) is 0.323. The lowest BCUT2D eigenvalue weighted by atomic mass is 9.97. The molecule has 0 aromatic heterocycles. The molecule has 60 valence electrons. The Bertz CT molecular complexity index is 354. The van der Waals surface area contributed by atoms with Crippen LogP contribution in [0.25, 0.3) is 0 Å². The predicted octanol–water partition coefficient (Wildman–Crippen LogP) is 0.558. The van der Waals surface area contributed by atoms with Crippen molar-refractivity contribution >= 4 is 11.9 Å². The van der Waals surface area contributed by atoms with Crippen molar-refractivity contribution in [1.29, 1.82) is 0 Å². The summed E-state index contributed by atoms with van der Waals surface area (Å²) in [5.41, 5.74) is 2.07. The highest BCUT2D eigenvalue weighted by molar-refractivity contribution is 5.96. The third kappa shape index (κ3) is 0.917. The van der Waals surface area contributed by atoms with Gasteiger partial charge in [-0.2, -0.15) is 0 Å². The molecule has 2 rings (SSSR count). The number of hydrogen-bond donors (Lipinski definition) is 0. The lowest BCUT2D eigenvalue weighted by Gasteiger charge is -2.03. The fourth-order valence-electron chi connectivity index (χ4n) is 1.33. The first-order chi connectivity index (χ1) is 5.81. The Hall–Kier alpha value is -1.60. The molecule has 12 heavy (non-hydrogen) atoms. The fraction of sp³-hybridized carbons (Fsp3) is 0.222. The summed E-state index contributed by atoms with van der Waals surface area (Å²) in [5.74, 6) is 1.52. The number of ether oxygens (including phenoxy) is 1. The van der Waals surface area contributed by atoms with E-state index in [1.807, 2.05) is 5.94 Å². The molecular weight excluding hydrogens is 156 g/mol. The van der Waals surface area contributed by atoms with Crippen molar-refractivity contribution in [3.63, 3.8) is 0 Å². The van der Waals surface area contributed by atoms with Crippen LogP contribution in [0.5, 0.6) is 0 Å². The second-order valence-corrected chi connectivity index (χ2v) is 2.73. The maximum absolute atomic E-state index is 11.0. The first-order valence-corrected chi connectivity index (χ1v) is 3.62. The highest BCUT2D eigenvalue weighted by Gasteiger charge is 2.25. The van der Waals surface area contributed by atoms with Crippen molar-refractivity contribution in [1.82, 2.24) is 0 Å². The van der Waals surface area contributed by atoms with Gasteiger partial charge < -0.3 is 4.74 Å². The molecule has 1 heterocycles. The second-order valence-electron chi connectivity index (χ2n) is 2.73. The number of hydrogen-bond acceptors (Lipinski definition) is 3. The Kier molecular flexibility index (Phi) is 1.45. The molecule has 2 aliphatic rings. The largest absolute Gasteiger partial charge is 0.458 e. The molecule has 3 heteroatoms. The topological polar surface area (TPSA) is 43.4 Å². The predicted molar refractivity (Wildman–Crippen MR) is 40.9 cm³/mol. The Labute approximate surface area is 69.0 Å². The van der Waals surface area contributed by atoms with Gasteiger partial charge in [0.05, 0.1) is 5.57 Å². The zero-order chi connectivity index (χ0) is 8.55. The van der Waals surface area contributed by atoms with Gasteiger partial charge in [-0.25, -0.2) is 9.59 Å². The van der Waals surface area contributed by atoms with Crippen LogP contribution in [0.4, 0.5) is 0 Å².